The molecule has 0 radical (unpaired) electrons. The molecule has 0 atom stereocenters. The van der Waals surface area contributed by atoms with Crippen LogP contribution in [0, 0.1) is 0 Å². The molecule has 1 saturated heterocycles. The van der Waals surface area contributed by atoms with Crippen molar-refractivity contribution in [3.8, 4) is 0 Å². The van der Waals surface area contributed by atoms with Gasteiger partial charge in [0.15, 0.2) is 0 Å². The van der Waals surface area contributed by atoms with Crippen molar-refractivity contribution < 1.29 is 9.59 Å². The second-order valence-electron chi connectivity index (χ2n) is 4.22. The van der Waals surface area contributed by atoms with Crippen molar-refractivity contribution >= 4 is 23.3 Å². The first-order valence-electron chi connectivity index (χ1n) is 6.06. The van der Waals surface area contributed by atoms with Gasteiger partial charge in [-0.05, 0) is 24.3 Å². The van der Waals surface area contributed by atoms with Crippen molar-refractivity contribution in [3.05, 3.63) is 36.4 Å². The van der Waals surface area contributed by atoms with Crippen LogP contribution in [0.25, 0.3) is 0 Å². The summed E-state index contributed by atoms with van der Waals surface area (Å²) in [7, 11) is 0. The first-order valence-corrected chi connectivity index (χ1v) is 6.06. The van der Waals surface area contributed by atoms with E-state index in [2.05, 4.69) is 25.8 Å². The van der Waals surface area contributed by atoms with E-state index in [-0.39, 0.29) is 17.8 Å². The van der Waals surface area contributed by atoms with Crippen molar-refractivity contribution in [3.63, 3.8) is 0 Å². The molecule has 3 N–H and O–H groups in total. The molecule has 102 valence electrons. The Morgan fingerprint density at radius 2 is 2.10 bits per heavy atom. The Kier molecular flexibility index (Phi) is 3.04. The number of rotatable bonds is 3. The lowest BCUT2D eigenvalue weighted by molar-refractivity contribution is 0.101. The highest BCUT2D eigenvalue weighted by molar-refractivity contribution is 6.01. The Morgan fingerprint density at radius 1 is 1.30 bits per heavy atom. The number of nitrogens with zero attached hydrogens (tertiary/aromatic N) is 3. The molecule has 1 aromatic carbocycles. The van der Waals surface area contributed by atoms with Gasteiger partial charge in [0.05, 0.1) is 0 Å². The molecule has 1 fully saturated rings. The van der Waals surface area contributed by atoms with Gasteiger partial charge in [0.1, 0.15) is 6.33 Å². The summed E-state index contributed by atoms with van der Waals surface area (Å²) in [5, 5.41) is 11.5. The number of benzene rings is 1. The van der Waals surface area contributed by atoms with E-state index in [1.165, 1.54) is 6.33 Å². The minimum absolute atomic E-state index is 0.108. The van der Waals surface area contributed by atoms with Crippen LogP contribution in [0.4, 0.5) is 16.2 Å². The van der Waals surface area contributed by atoms with Crippen LogP contribution in [0.1, 0.15) is 10.6 Å². The fourth-order valence-electron chi connectivity index (χ4n) is 1.95. The second-order valence-corrected chi connectivity index (χ2v) is 4.22. The summed E-state index contributed by atoms with van der Waals surface area (Å²) in [6.07, 6.45) is 1.27. The largest absolute Gasteiger partial charge is 0.336 e. The second kappa shape index (κ2) is 5.00. The Hall–Kier alpha value is -2.90. The number of carbonyl (C=O) groups is 2. The van der Waals surface area contributed by atoms with Crippen molar-refractivity contribution in [2.45, 2.75) is 0 Å². The smallest absolute Gasteiger partial charge is 0.321 e. The summed E-state index contributed by atoms with van der Waals surface area (Å²) in [6, 6.07) is 6.91. The van der Waals surface area contributed by atoms with Gasteiger partial charge in [-0.25, -0.2) is 9.78 Å². The number of hydrogen-bond acceptors (Lipinski definition) is 4. The Morgan fingerprint density at radius 3 is 2.70 bits per heavy atom. The number of aromatic nitrogens is 3. The molecular formula is C12H12N6O2. The fraction of sp³-hybridized carbons (Fsp3) is 0.167. The third kappa shape index (κ3) is 2.30. The van der Waals surface area contributed by atoms with Crippen LogP contribution in [-0.4, -0.2) is 40.2 Å². The average Bonchev–Trinajstić information content (AvgIpc) is 3.11. The third-order valence-electron chi connectivity index (χ3n) is 2.92. The predicted octanol–water partition coefficient (Wildman–Crippen LogP) is 0.587. The standard InChI is InChI=1S/C12H12N6O2/c19-11(10-14-7-15-17-10)16-8-1-3-9(4-2-8)18-6-5-13-12(18)20/h1-4,7H,5-6H2,(H,13,20)(H,16,19)(H,14,15,17). The SMILES string of the molecule is O=C(Nc1ccc(N2CCNC2=O)cc1)c1ncn[nH]1. The van der Waals surface area contributed by atoms with Crippen LogP contribution in [0.2, 0.25) is 0 Å². The first-order chi connectivity index (χ1) is 9.74. The van der Waals surface area contributed by atoms with Crippen molar-refractivity contribution in [1.29, 1.82) is 0 Å². The van der Waals surface area contributed by atoms with Gasteiger partial charge in [-0.3, -0.25) is 14.8 Å². The maximum absolute atomic E-state index is 11.7. The summed E-state index contributed by atoms with van der Waals surface area (Å²) < 4.78 is 0. The Balaban J connectivity index is 1.70. The number of anilines is 2. The highest BCUT2D eigenvalue weighted by Gasteiger charge is 2.20. The number of nitrogens with one attached hydrogen (secondary N) is 3. The normalized spacial score (nSPS) is 14.2. The maximum Gasteiger partial charge on any atom is 0.321 e. The average molecular weight is 272 g/mol. The predicted molar refractivity (Wildman–Crippen MR) is 71.5 cm³/mol. The molecule has 8 heteroatoms. The highest BCUT2D eigenvalue weighted by Crippen LogP contribution is 2.19. The van der Waals surface area contributed by atoms with Crippen LogP contribution in [0.3, 0.4) is 0 Å². The van der Waals surface area contributed by atoms with Crippen LogP contribution in [0.15, 0.2) is 30.6 Å². The van der Waals surface area contributed by atoms with Crippen molar-refractivity contribution in [2.24, 2.45) is 0 Å². The summed E-state index contributed by atoms with van der Waals surface area (Å²) >= 11 is 0. The summed E-state index contributed by atoms with van der Waals surface area (Å²) in [4.78, 5) is 28.7. The molecule has 0 bridgehead atoms. The lowest BCUT2D eigenvalue weighted by Gasteiger charge is -2.14. The maximum atomic E-state index is 11.7. The van der Waals surface area contributed by atoms with Crippen LogP contribution < -0.4 is 15.5 Å². The number of H-pyrrole nitrogens is 1. The number of amides is 3. The van der Waals surface area contributed by atoms with E-state index >= 15 is 0 Å². The third-order valence-corrected chi connectivity index (χ3v) is 2.92. The zero-order valence-corrected chi connectivity index (χ0v) is 10.5. The molecule has 8 nitrogen and oxygen atoms in total. The van der Waals surface area contributed by atoms with Gasteiger partial charge < -0.3 is 10.6 Å². The lowest BCUT2D eigenvalue weighted by atomic mass is 10.2. The molecule has 1 aromatic heterocycles. The quantitative estimate of drug-likeness (QED) is 0.760. The molecule has 2 heterocycles. The number of urea groups is 1. The van der Waals surface area contributed by atoms with Crippen LogP contribution >= 0.6 is 0 Å². The minimum Gasteiger partial charge on any atom is -0.336 e. The molecule has 0 unspecified atom stereocenters. The van der Waals surface area contributed by atoms with Crippen molar-refractivity contribution in [1.82, 2.24) is 20.5 Å². The zero-order valence-electron chi connectivity index (χ0n) is 10.5. The lowest BCUT2D eigenvalue weighted by Crippen LogP contribution is -2.27. The zero-order chi connectivity index (χ0) is 13.9. The number of carbonyl (C=O) groups excluding carboxylic acids is 2. The molecule has 20 heavy (non-hydrogen) atoms. The van der Waals surface area contributed by atoms with E-state index in [1.807, 2.05) is 0 Å². The number of hydrogen-bond donors (Lipinski definition) is 3. The van der Waals surface area contributed by atoms with Gasteiger partial charge >= 0.3 is 6.03 Å². The van der Waals surface area contributed by atoms with E-state index < -0.39 is 0 Å². The van der Waals surface area contributed by atoms with Gasteiger partial charge in [-0.2, -0.15) is 5.10 Å². The fourth-order valence-corrected chi connectivity index (χ4v) is 1.95. The van der Waals surface area contributed by atoms with Gasteiger partial charge in [0, 0.05) is 24.5 Å². The molecule has 2 aromatic rings. The Bertz CT molecular complexity index is 622. The molecule has 1 aliphatic rings. The molecular weight excluding hydrogens is 260 g/mol. The first kappa shape index (κ1) is 12.2. The minimum atomic E-state index is -0.367. The van der Waals surface area contributed by atoms with E-state index in [9.17, 15) is 9.59 Å². The molecule has 3 amide bonds. The van der Waals surface area contributed by atoms with Gasteiger partial charge in [-0.15, -0.1) is 0 Å². The highest BCUT2D eigenvalue weighted by atomic mass is 16.2. The topological polar surface area (TPSA) is 103 Å². The summed E-state index contributed by atoms with van der Waals surface area (Å²) in [5.41, 5.74) is 1.41. The summed E-state index contributed by atoms with van der Waals surface area (Å²) in [5.74, 6) is -0.220. The van der Waals surface area contributed by atoms with E-state index in [0.29, 0.717) is 18.8 Å². The van der Waals surface area contributed by atoms with Crippen LogP contribution in [-0.2, 0) is 0 Å². The van der Waals surface area contributed by atoms with Crippen molar-refractivity contribution in [2.75, 3.05) is 23.3 Å². The van der Waals surface area contributed by atoms with Gasteiger partial charge in [0.25, 0.3) is 5.91 Å². The van der Waals surface area contributed by atoms with E-state index in [4.69, 9.17) is 0 Å². The summed E-state index contributed by atoms with van der Waals surface area (Å²) in [6.45, 7) is 1.28. The molecule has 0 spiro atoms. The van der Waals surface area contributed by atoms with Crippen LogP contribution in [0.5, 0.6) is 0 Å². The van der Waals surface area contributed by atoms with Gasteiger partial charge in [0.2, 0.25) is 5.82 Å². The molecule has 0 saturated carbocycles. The van der Waals surface area contributed by atoms with Gasteiger partial charge in [-0.1, -0.05) is 0 Å². The Labute approximate surface area is 114 Å². The molecule has 1 aliphatic heterocycles. The molecule has 3 rings (SSSR count). The van der Waals surface area contributed by atoms with E-state index in [0.717, 1.165) is 5.69 Å². The molecule has 0 aliphatic carbocycles. The monoisotopic (exact) mass is 272 g/mol. The number of aromatic amines is 1. The van der Waals surface area contributed by atoms with E-state index in [1.54, 1.807) is 29.2 Å².